The Hall–Kier alpha value is -1.69. The summed E-state index contributed by atoms with van der Waals surface area (Å²) in [4.78, 5) is 13.2. The average molecular weight is 724 g/mol. The number of aliphatic hydroxyl groups is 1. The molecule has 0 aliphatic carbocycles. The zero-order chi connectivity index (χ0) is 33.0. The fourth-order valence-electron chi connectivity index (χ4n) is 2.89. The van der Waals surface area contributed by atoms with Crippen LogP contribution in [0, 0.1) is 10.1 Å². The van der Waals surface area contributed by atoms with E-state index in [0.717, 1.165) is 77.9 Å². The van der Waals surface area contributed by atoms with Crippen molar-refractivity contribution in [1.82, 2.24) is 20.9 Å². The molecule has 0 spiro atoms. The molecule has 256 valence electrons. The van der Waals surface area contributed by atoms with Crippen LogP contribution >= 0.6 is 0 Å². The van der Waals surface area contributed by atoms with E-state index in [-0.39, 0.29) is 27.1 Å². The zero-order valence-corrected chi connectivity index (χ0v) is 25.2. The number of nitrogens with one attached hydrogen (secondary N) is 3. The van der Waals surface area contributed by atoms with Gasteiger partial charge in [0.25, 0.3) is 5.69 Å². The minimum Gasteiger partial charge on any atom is -0.741 e. The van der Waals surface area contributed by atoms with E-state index < -0.39 is 31.3 Å². The number of halogens is 6. The van der Waals surface area contributed by atoms with Crippen LogP contribution in [0.4, 0.5) is 32.0 Å². The van der Waals surface area contributed by atoms with E-state index in [1.807, 2.05) is 12.1 Å². The smallest absolute Gasteiger partial charge is 0.741 e. The number of aliphatic hydroxyl groups excluding tert-OH is 1. The summed E-state index contributed by atoms with van der Waals surface area (Å²) in [5.74, 6) is 0. The van der Waals surface area contributed by atoms with Crippen molar-refractivity contribution in [3.63, 3.8) is 0 Å². The molecule has 0 aromatic heterocycles. The van der Waals surface area contributed by atoms with E-state index in [0.29, 0.717) is 6.54 Å². The minimum atomic E-state index is -6.09. The number of hydrogen-bond donors (Lipinski definition) is 4. The van der Waals surface area contributed by atoms with Crippen molar-refractivity contribution in [3.05, 3.63) is 39.9 Å². The topological polar surface area (TPSA) is 217 Å². The van der Waals surface area contributed by atoms with Crippen LogP contribution in [-0.4, -0.2) is 111 Å². The van der Waals surface area contributed by atoms with Crippen LogP contribution in [0.15, 0.2) is 24.3 Å². The number of nitro benzene ring substituents is 1. The van der Waals surface area contributed by atoms with Crippen LogP contribution in [0.25, 0.3) is 0 Å². The molecule has 23 heteroatoms. The molecule has 2 rings (SSSR count). The Labute approximate surface area is 255 Å². The van der Waals surface area contributed by atoms with Gasteiger partial charge in [0.1, 0.15) is 0 Å². The van der Waals surface area contributed by atoms with Crippen molar-refractivity contribution >= 4 is 25.9 Å². The second kappa shape index (κ2) is 22.8. The zero-order valence-electron chi connectivity index (χ0n) is 22.6. The number of hydrogen-bond acceptors (Lipinski definition) is 13. The Bertz CT molecular complexity index is 1060. The Morgan fingerprint density at radius 2 is 1.19 bits per heavy atom. The van der Waals surface area contributed by atoms with Gasteiger partial charge in [-0.15, -0.1) is 0 Å². The Kier molecular flexibility index (Phi) is 24.2. The van der Waals surface area contributed by atoms with E-state index in [1.54, 1.807) is 12.1 Å². The predicted octanol–water partition coefficient (Wildman–Crippen LogP) is 0.668. The Balaban J connectivity index is -0.000000696. The summed E-state index contributed by atoms with van der Waals surface area (Å²) in [7, 11) is -11.2. The third kappa shape index (κ3) is 22.5. The van der Waals surface area contributed by atoms with Gasteiger partial charge in [-0.3, -0.25) is 15.0 Å². The van der Waals surface area contributed by atoms with Gasteiger partial charge in [-0.05, 0) is 39.0 Å². The summed E-state index contributed by atoms with van der Waals surface area (Å²) >= 11 is 0. The first-order chi connectivity index (χ1) is 19.3. The number of rotatable bonds is 3. The van der Waals surface area contributed by atoms with Crippen LogP contribution in [-0.2, 0) is 43.3 Å². The van der Waals surface area contributed by atoms with Crippen LogP contribution in [0.2, 0.25) is 0 Å². The molecule has 1 aromatic rings. The van der Waals surface area contributed by atoms with E-state index in [1.165, 1.54) is 0 Å². The quantitative estimate of drug-likeness (QED) is 0.0843. The van der Waals surface area contributed by atoms with Crippen molar-refractivity contribution in [1.29, 1.82) is 0 Å². The third-order valence-corrected chi connectivity index (χ3v) is 5.90. The van der Waals surface area contributed by atoms with Gasteiger partial charge in [0, 0.05) is 51.5 Å². The summed E-state index contributed by atoms with van der Waals surface area (Å²) in [5, 5.41) is 28.5. The molecule has 1 aliphatic rings. The molecule has 0 bridgehead atoms. The summed E-state index contributed by atoms with van der Waals surface area (Å²) in [6.07, 6.45) is 2.16. The first-order valence-electron chi connectivity index (χ1n) is 11.8. The van der Waals surface area contributed by atoms with Gasteiger partial charge in [0.05, 0.1) is 4.92 Å². The minimum absolute atomic E-state index is 0. The first-order valence-corrected chi connectivity index (χ1v) is 14.6. The maximum absolute atomic E-state index is 11.2. The van der Waals surface area contributed by atoms with E-state index >= 15 is 0 Å². The van der Waals surface area contributed by atoms with Crippen molar-refractivity contribution in [2.45, 2.75) is 30.4 Å². The SMILES string of the molecule is CO.O=S(=O)([O-])C(F)(F)F.O=S(=O)([O-])C(F)(F)F.O=[N+]([O-])c1ccccc1CN1CCCNCCNCCCNCC1.[Ni+2]. The fourth-order valence-corrected chi connectivity index (χ4v) is 2.89. The maximum Gasteiger partial charge on any atom is 2.00 e. The number of nitrogens with zero attached hydrogens (tertiary/aromatic N) is 2. The molecule has 4 N–H and O–H groups in total. The largest absolute Gasteiger partial charge is 2.00 e. The maximum atomic E-state index is 11.2. The predicted molar refractivity (Wildman–Crippen MR) is 136 cm³/mol. The van der Waals surface area contributed by atoms with Crippen LogP contribution in [0.1, 0.15) is 18.4 Å². The fraction of sp³-hybridized carbons (Fsp3) is 0.700. The van der Waals surface area contributed by atoms with Crippen LogP contribution in [0.5, 0.6) is 0 Å². The van der Waals surface area contributed by atoms with Crippen molar-refractivity contribution in [3.8, 4) is 0 Å². The van der Waals surface area contributed by atoms with Gasteiger partial charge >= 0.3 is 27.5 Å². The number of benzene rings is 1. The molecule has 0 unspecified atom stereocenters. The van der Waals surface area contributed by atoms with E-state index in [2.05, 4.69) is 20.9 Å². The van der Waals surface area contributed by atoms with E-state index in [4.69, 9.17) is 31.0 Å². The Morgan fingerprint density at radius 1 is 0.791 bits per heavy atom. The number of para-hydroxylation sites is 1. The van der Waals surface area contributed by atoms with Gasteiger partial charge < -0.3 is 30.2 Å². The second-order valence-electron chi connectivity index (χ2n) is 7.92. The molecule has 0 amide bonds. The van der Waals surface area contributed by atoms with Crippen LogP contribution in [0.3, 0.4) is 0 Å². The monoisotopic (exact) mass is 723 g/mol. The van der Waals surface area contributed by atoms with Gasteiger partial charge in [-0.2, -0.15) is 26.3 Å². The molecular formula is C20H33F6N5NiO9S2. The van der Waals surface area contributed by atoms with E-state index in [9.17, 15) is 36.5 Å². The molecule has 43 heavy (non-hydrogen) atoms. The molecule has 1 fully saturated rings. The molecular weight excluding hydrogens is 691 g/mol. The Morgan fingerprint density at radius 3 is 1.60 bits per heavy atom. The van der Waals surface area contributed by atoms with Crippen LogP contribution < -0.4 is 16.0 Å². The second-order valence-corrected chi connectivity index (χ2v) is 10.7. The van der Waals surface area contributed by atoms with Crippen molar-refractivity contribution in [2.75, 3.05) is 59.5 Å². The van der Waals surface area contributed by atoms with Gasteiger partial charge in [0.2, 0.25) is 0 Å². The molecule has 1 aliphatic heterocycles. The normalized spacial score (nSPS) is 16.2. The molecule has 0 atom stereocenters. The van der Waals surface area contributed by atoms with Gasteiger partial charge in [-0.25, -0.2) is 16.8 Å². The summed E-state index contributed by atoms with van der Waals surface area (Å²) in [6.45, 7) is 8.37. The number of alkyl halides is 6. The first kappa shape index (κ1) is 45.7. The van der Waals surface area contributed by atoms with Gasteiger partial charge in [-0.1, -0.05) is 18.2 Å². The average Bonchev–Trinajstić information content (AvgIpc) is 2.86. The number of nitro groups is 1. The third-order valence-electron chi connectivity index (χ3n) is 4.77. The molecule has 1 saturated heterocycles. The summed E-state index contributed by atoms with van der Waals surface area (Å²) < 4.78 is 118. The standard InChI is InChI=1S/C17H29N5O2.2CHF3O3S.CH4O.Ni/c23-22(24)17-6-2-1-5-16(17)15-21-13-4-9-19-11-10-18-7-3-8-20-12-14-21;2*2-1(3,4)8(5,6)7;1-2;/h1-2,5-6,18-20H,3-4,7-15H2;2*(H,5,6,7);2H,1H3;/q;;;;+2/p-2. The summed E-state index contributed by atoms with van der Waals surface area (Å²) in [6, 6.07) is 7.05. The molecule has 0 radical (unpaired) electrons. The molecule has 1 heterocycles. The molecule has 14 nitrogen and oxygen atoms in total. The van der Waals surface area contributed by atoms with Crippen molar-refractivity contribution < 1.29 is 78.8 Å². The molecule has 1 aromatic carbocycles. The molecule has 0 saturated carbocycles. The summed E-state index contributed by atoms with van der Waals surface area (Å²) in [5.41, 5.74) is -10.3. The van der Waals surface area contributed by atoms with Crippen molar-refractivity contribution in [2.24, 2.45) is 0 Å². The van der Waals surface area contributed by atoms with Gasteiger partial charge in [0.15, 0.2) is 20.2 Å².